The lowest BCUT2D eigenvalue weighted by Gasteiger charge is -2.21. The summed E-state index contributed by atoms with van der Waals surface area (Å²) in [5.41, 5.74) is 0. The zero-order valence-electron chi connectivity index (χ0n) is 13.2. The normalized spacial score (nSPS) is 14.5. The lowest BCUT2D eigenvalue weighted by Crippen LogP contribution is -2.34. The van der Waals surface area contributed by atoms with Crippen LogP contribution in [0.4, 0.5) is 0 Å². The van der Waals surface area contributed by atoms with Crippen LogP contribution in [0.3, 0.4) is 0 Å². The van der Waals surface area contributed by atoms with Gasteiger partial charge in [0.05, 0.1) is 0 Å². The van der Waals surface area contributed by atoms with Crippen LogP contribution >= 0.6 is 15.9 Å². The number of carbonyl (C=O) groups excluding carboxylic acids is 1. The van der Waals surface area contributed by atoms with Crippen LogP contribution in [0.5, 0.6) is 0 Å². The van der Waals surface area contributed by atoms with Gasteiger partial charge in [0.2, 0.25) is 5.91 Å². The number of hydrogen-bond donors (Lipinski definition) is 0. The van der Waals surface area contributed by atoms with Gasteiger partial charge in [0, 0.05) is 24.3 Å². The summed E-state index contributed by atoms with van der Waals surface area (Å²) < 4.78 is 0. The topological polar surface area (TPSA) is 20.3 Å². The van der Waals surface area contributed by atoms with Crippen molar-refractivity contribution in [3.63, 3.8) is 0 Å². The average Bonchev–Trinajstić information content (AvgIpc) is 3.27. The van der Waals surface area contributed by atoms with Crippen molar-refractivity contribution < 1.29 is 4.79 Å². The van der Waals surface area contributed by atoms with Crippen molar-refractivity contribution >= 4 is 21.8 Å². The minimum atomic E-state index is 0.384. The molecule has 0 spiro atoms. The van der Waals surface area contributed by atoms with Crippen molar-refractivity contribution in [3.05, 3.63) is 0 Å². The third-order valence-corrected chi connectivity index (χ3v) is 4.48. The molecule has 0 bridgehead atoms. The predicted octanol–water partition coefficient (Wildman–Crippen LogP) is 5.29. The first-order valence-electron chi connectivity index (χ1n) is 8.65. The molecule has 1 fully saturated rings. The molecule has 118 valence electrons. The Morgan fingerprint density at radius 3 is 2.05 bits per heavy atom. The Balaban J connectivity index is 1.93. The fraction of sp³-hybridized carbons (Fsp3) is 0.941. The van der Waals surface area contributed by atoms with Gasteiger partial charge in [0.25, 0.3) is 0 Å². The van der Waals surface area contributed by atoms with Crippen molar-refractivity contribution in [1.82, 2.24) is 4.90 Å². The molecular formula is C17H32BrNO. The molecule has 0 saturated heterocycles. The van der Waals surface area contributed by atoms with Crippen LogP contribution < -0.4 is 0 Å². The number of nitrogens with zero attached hydrogens (tertiary/aromatic N) is 1. The summed E-state index contributed by atoms with van der Waals surface area (Å²) in [5, 5.41) is 0.910. The summed E-state index contributed by atoms with van der Waals surface area (Å²) >= 11 is 3.45. The van der Waals surface area contributed by atoms with E-state index in [4.69, 9.17) is 0 Å². The molecule has 0 aromatic heterocycles. The fourth-order valence-corrected chi connectivity index (χ4v) is 3.10. The Morgan fingerprint density at radius 2 is 1.55 bits per heavy atom. The van der Waals surface area contributed by atoms with Crippen LogP contribution in [-0.4, -0.2) is 28.7 Å². The van der Waals surface area contributed by atoms with Crippen LogP contribution in [0.15, 0.2) is 0 Å². The van der Waals surface area contributed by atoms with Crippen LogP contribution in [0, 0.1) is 0 Å². The van der Waals surface area contributed by atoms with Crippen molar-refractivity contribution in [2.24, 2.45) is 0 Å². The zero-order chi connectivity index (χ0) is 14.6. The van der Waals surface area contributed by atoms with E-state index in [1.54, 1.807) is 0 Å². The van der Waals surface area contributed by atoms with Crippen molar-refractivity contribution in [2.45, 2.75) is 90.0 Å². The molecule has 0 radical (unpaired) electrons. The molecule has 0 unspecified atom stereocenters. The fourth-order valence-electron chi connectivity index (χ4n) is 2.72. The van der Waals surface area contributed by atoms with Gasteiger partial charge in [0.15, 0.2) is 0 Å². The van der Waals surface area contributed by atoms with Gasteiger partial charge in [-0.05, 0) is 19.3 Å². The van der Waals surface area contributed by atoms with Crippen molar-refractivity contribution in [1.29, 1.82) is 0 Å². The number of amides is 1. The van der Waals surface area contributed by atoms with Crippen LogP contribution in [0.25, 0.3) is 0 Å². The first-order chi connectivity index (χ1) is 9.79. The molecule has 0 aromatic carbocycles. The van der Waals surface area contributed by atoms with Gasteiger partial charge < -0.3 is 4.90 Å². The largest absolute Gasteiger partial charge is 0.339 e. The van der Waals surface area contributed by atoms with E-state index in [1.807, 2.05) is 0 Å². The first kappa shape index (κ1) is 18.0. The van der Waals surface area contributed by atoms with Gasteiger partial charge in [0.1, 0.15) is 0 Å². The maximum absolute atomic E-state index is 12.1. The number of alkyl halides is 1. The minimum Gasteiger partial charge on any atom is -0.339 e. The van der Waals surface area contributed by atoms with Crippen LogP contribution in [0.1, 0.15) is 84.0 Å². The molecule has 1 amide bonds. The van der Waals surface area contributed by atoms with Gasteiger partial charge >= 0.3 is 0 Å². The van der Waals surface area contributed by atoms with Crippen LogP contribution in [-0.2, 0) is 4.79 Å². The maximum Gasteiger partial charge on any atom is 0.222 e. The second kappa shape index (κ2) is 11.6. The monoisotopic (exact) mass is 345 g/mol. The maximum atomic E-state index is 12.1. The summed E-state index contributed by atoms with van der Waals surface area (Å²) in [4.78, 5) is 14.2. The zero-order valence-corrected chi connectivity index (χ0v) is 14.8. The molecule has 0 atom stereocenters. The number of rotatable bonds is 13. The highest BCUT2D eigenvalue weighted by atomic mass is 79.9. The van der Waals surface area contributed by atoms with Crippen LogP contribution in [0.2, 0.25) is 0 Å². The van der Waals surface area contributed by atoms with Gasteiger partial charge in [-0.3, -0.25) is 4.79 Å². The number of unbranched alkanes of at least 4 members (excludes halogenated alkanes) is 8. The quantitative estimate of drug-likeness (QED) is 0.328. The molecule has 20 heavy (non-hydrogen) atoms. The Kier molecular flexibility index (Phi) is 10.4. The van der Waals surface area contributed by atoms with Crippen molar-refractivity contribution in [2.75, 3.05) is 11.9 Å². The van der Waals surface area contributed by atoms with E-state index in [2.05, 4.69) is 27.8 Å². The highest BCUT2D eigenvalue weighted by molar-refractivity contribution is 9.09. The number of halogens is 1. The molecule has 0 N–H and O–H groups in total. The Labute approximate surface area is 133 Å². The van der Waals surface area contributed by atoms with E-state index in [1.165, 1.54) is 64.2 Å². The Bertz CT molecular complexity index is 253. The highest BCUT2D eigenvalue weighted by Gasteiger charge is 2.31. The number of carbonyl (C=O) groups is 1. The predicted molar refractivity (Wildman–Crippen MR) is 90.4 cm³/mol. The lowest BCUT2D eigenvalue weighted by atomic mass is 10.1. The summed E-state index contributed by atoms with van der Waals surface area (Å²) in [6.45, 7) is 3.15. The van der Waals surface area contributed by atoms with E-state index in [9.17, 15) is 4.79 Å². The van der Waals surface area contributed by atoms with E-state index in [0.717, 1.165) is 24.7 Å². The summed E-state index contributed by atoms with van der Waals surface area (Å²) in [7, 11) is 0. The molecule has 1 saturated carbocycles. The van der Waals surface area contributed by atoms with Crippen molar-refractivity contribution in [3.8, 4) is 0 Å². The molecule has 0 aliphatic heterocycles. The second-order valence-electron chi connectivity index (χ2n) is 6.09. The molecule has 1 aliphatic rings. The Hall–Kier alpha value is -0.0500. The average molecular weight is 346 g/mol. The molecule has 0 aromatic rings. The highest BCUT2D eigenvalue weighted by Crippen LogP contribution is 2.27. The minimum absolute atomic E-state index is 0.384. The Morgan fingerprint density at radius 1 is 1.00 bits per heavy atom. The first-order valence-corrected chi connectivity index (χ1v) is 9.77. The second-order valence-corrected chi connectivity index (χ2v) is 6.88. The molecular weight excluding hydrogens is 314 g/mol. The number of hydrogen-bond acceptors (Lipinski definition) is 1. The summed E-state index contributed by atoms with van der Waals surface area (Å²) in [6, 6.07) is 0.568. The van der Waals surface area contributed by atoms with Gasteiger partial charge in [-0.2, -0.15) is 0 Å². The molecule has 0 heterocycles. The van der Waals surface area contributed by atoms with E-state index < -0.39 is 0 Å². The van der Waals surface area contributed by atoms with E-state index >= 15 is 0 Å². The third kappa shape index (κ3) is 8.28. The smallest absolute Gasteiger partial charge is 0.222 e. The van der Waals surface area contributed by atoms with E-state index in [-0.39, 0.29) is 0 Å². The van der Waals surface area contributed by atoms with Gasteiger partial charge in [-0.1, -0.05) is 74.2 Å². The molecule has 2 nitrogen and oxygen atoms in total. The standard InChI is InChI=1S/C17H32BrNO/c1-2-3-4-5-6-7-8-9-10-11-17(20)19(15-14-18)16-12-13-16/h16H,2-15H2,1H3. The summed E-state index contributed by atoms with van der Waals surface area (Å²) in [6.07, 6.45) is 15.1. The van der Waals surface area contributed by atoms with Gasteiger partial charge in [-0.25, -0.2) is 0 Å². The molecule has 1 rings (SSSR count). The molecule has 1 aliphatic carbocycles. The van der Waals surface area contributed by atoms with E-state index in [0.29, 0.717) is 11.9 Å². The lowest BCUT2D eigenvalue weighted by molar-refractivity contribution is -0.131. The third-order valence-electron chi connectivity index (χ3n) is 4.13. The molecule has 3 heteroatoms. The van der Waals surface area contributed by atoms with Gasteiger partial charge in [-0.15, -0.1) is 0 Å². The summed E-state index contributed by atoms with van der Waals surface area (Å²) in [5.74, 6) is 0.384. The SMILES string of the molecule is CCCCCCCCCCCC(=O)N(CCBr)C1CC1.